The maximum Gasteiger partial charge on any atom is 0.120 e. The Kier molecular flexibility index (Phi) is 18.9. The largest absolute Gasteiger partial charge is 0.493 e. The van der Waals surface area contributed by atoms with Crippen LogP contribution >= 0.6 is 22.6 Å². The third-order valence-electron chi connectivity index (χ3n) is 6.53. The standard InChI is InChI=1S/C29H51IO/c1-4-7-9-10-11-12-13-14-15-16-17-18-19-21-27-22-28(30)24-29(23-27)31-25-26(6-3)20-8-5-2/h22-24,26H,4-21,25H2,1-3H3. The molecule has 1 aromatic carbocycles. The van der Waals surface area contributed by atoms with Crippen LogP contribution < -0.4 is 4.74 Å². The zero-order chi connectivity index (χ0) is 22.6. The third-order valence-corrected chi connectivity index (χ3v) is 7.15. The Bertz CT molecular complexity index is 527. The Labute approximate surface area is 208 Å². The fourth-order valence-corrected chi connectivity index (χ4v) is 5.01. The zero-order valence-electron chi connectivity index (χ0n) is 21.0. The molecule has 0 saturated carbocycles. The maximum absolute atomic E-state index is 6.19. The molecule has 0 aliphatic heterocycles. The highest BCUT2D eigenvalue weighted by Crippen LogP contribution is 2.23. The quantitative estimate of drug-likeness (QED) is 0.111. The van der Waals surface area contributed by atoms with E-state index < -0.39 is 0 Å². The van der Waals surface area contributed by atoms with Gasteiger partial charge in [-0.25, -0.2) is 0 Å². The van der Waals surface area contributed by atoms with Gasteiger partial charge in [-0.15, -0.1) is 0 Å². The lowest BCUT2D eigenvalue weighted by molar-refractivity contribution is 0.233. The van der Waals surface area contributed by atoms with E-state index in [0.717, 1.165) is 12.4 Å². The molecule has 0 heterocycles. The van der Waals surface area contributed by atoms with Crippen LogP contribution in [0, 0.1) is 9.49 Å². The molecule has 1 rings (SSSR count). The fraction of sp³-hybridized carbons (Fsp3) is 0.793. The molecule has 0 radical (unpaired) electrons. The Hall–Kier alpha value is -0.250. The molecule has 1 aromatic rings. The number of unbranched alkanes of at least 4 members (excludes halogenated alkanes) is 13. The summed E-state index contributed by atoms with van der Waals surface area (Å²) < 4.78 is 7.50. The van der Waals surface area contributed by atoms with Crippen LogP contribution in [0.25, 0.3) is 0 Å². The summed E-state index contributed by atoms with van der Waals surface area (Å²) in [5, 5.41) is 0. The molecule has 0 bridgehead atoms. The Balaban J connectivity index is 2.12. The molecule has 180 valence electrons. The molecule has 0 fully saturated rings. The summed E-state index contributed by atoms with van der Waals surface area (Å²) in [6.45, 7) is 7.73. The van der Waals surface area contributed by atoms with Crippen LogP contribution in [0.2, 0.25) is 0 Å². The molecule has 2 heteroatoms. The van der Waals surface area contributed by atoms with E-state index >= 15 is 0 Å². The van der Waals surface area contributed by atoms with Crippen molar-refractivity contribution in [1.82, 2.24) is 0 Å². The summed E-state index contributed by atoms with van der Waals surface area (Å²) >= 11 is 2.44. The number of ether oxygens (including phenoxy) is 1. The fourth-order valence-electron chi connectivity index (χ4n) is 4.31. The van der Waals surface area contributed by atoms with Gasteiger partial charge in [0.25, 0.3) is 0 Å². The van der Waals surface area contributed by atoms with Crippen molar-refractivity contribution < 1.29 is 4.74 Å². The van der Waals surface area contributed by atoms with E-state index in [1.54, 1.807) is 0 Å². The first-order chi connectivity index (χ1) is 15.2. The predicted octanol–water partition coefficient (Wildman–Crippen LogP) is 10.5. The molecule has 1 unspecified atom stereocenters. The van der Waals surface area contributed by atoms with Crippen molar-refractivity contribution >= 4 is 22.6 Å². The molecule has 0 aromatic heterocycles. The molecule has 0 amide bonds. The second-order valence-corrected chi connectivity index (χ2v) is 10.8. The minimum atomic E-state index is 0.697. The van der Waals surface area contributed by atoms with Crippen LogP contribution in [0.1, 0.15) is 135 Å². The van der Waals surface area contributed by atoms with E-state index in [2.05, 4.69) is 61.6 Å². The Morgan fingerprint density at radius 1 is 0.677 bits per heavy atom. The summed E-state index contributed by atoms with van der Waals surface area (Å²) in [5.41, 5.74) is 1.45. The van der Waals surface area contributed by atoms with Gasteiger partial charge >= 0.3 is 0 Å². The molecule has 0 aliphatic rings. The number of rotatable bonds is 21. The molecular formula is C29H51IO. The zero-order valence-corrected chi connectivity index (χ0v) is 23.2. The molecule has 0 aliphatic carbocycles. The van der Waals surface area contributed by atoms with Gasteiger partial charge in [0.15, 0.2) is 0 Å². The van der Waals surface area contributed by atoms with E-state index in [-0.39, 0.29) is 0 Å². The van der Waals surface area contributed by atoms with E-state index in [0.29, 0.717) is 5.92 Å². The first-order valence-electron chi connectivity index (χ1n) is 13.6. The number of halogens is 1. The second kappa shape index (κ2) is 20.4. The lowest BCUT2D eigenvalue weighted by Gasteiger charge is -2.16. The molecule has 0 spiro atoms. The highest BCUT2D eigenvalue weighted by molar-refractivity contribution is 14.1. The molecule has 31 heavy (non-hydrogen) atoms. The lowest BCUT2D eigenvalue weighted by Crippen LogP contribution is -2.11. The minimum absolute atomic E-state index is 0.697. The average molecular weight is 543 g/mol. The van der Waals surface area contributed by atoms with Crippen molar-refractivity contribution in [3.05, 3.63) is 27.3 Å². The third kappa shape index (κ3) is 16.1. The van der Waals surface area contributed by atoms with E-state index in [1.807, 2.05) is 0 Å². The van der Waals surface area contributed by atoms with E-state index in [9.17, 15) is 0 Å². The van der Waals surface area contributed by atoms with Gasteiger partial charge in [-0.1, -0.05) is 117 Å². The van der Waals surface area contributed by atoms with Gasteiger partial charge in [-0.05, 0) is 71.5 Å². The second-order valence-electron chi connectivity index (χ2n) is 9.52. The van der Waals surface area contributed by atoms with Gasteiger partial charge in [0, 0.05) is 3.57 Å². The van der Waals surface area contributed by atoms with Crippen molar-refractivity contribution in [2.45, 2.75) is 136 Å². The van der Waals surface area contributed by atoms with E-state index in [4.69, 9.17) is 4.74 Å². The van der Waals surface area contributed by atoms with Crippen LogP contribution in [0.4, 0.5) is 0 Å². The van der Waals surface area contributed by atoms with Crippen molar-refractivity contribution in [2.75, 3.05) is 6.61 Å². The summed E-state index contributed by atoms with van der Waals surface area (Å²) in [7, 11) is 0. The number of benzene rings is 1. The van der Waals surface area contributed by atoms with Crippen LogP contribution in [0.15, 0.2) is 18.2 Å². The molecule has 0 saturated heterocycles. The lowest BCUT2D eigenvalue weighted by atomic mass is 10.0. The van der Waals surface area contributed by atoms with Crippen LogP contribution in [-0.4, -0.2) is 6.61 Å². The van der Waals surface area contributed by atoms with E-state index in [1.165, 1.54) is 125 Å². The predicted molar refractivity (Wildman–Crippen MR) is 147 cm³/mol. The maximum atomic E-state index is 6.19. The van der Waals surface area contributed by atoms with Crippen molar-refractivity contribution in [1.29, 1.82) is 0 Å². The van der Waals surface area contributed by atoms with Crippen LogP contribution in [0.5, 0.6) is 5.75 Å². The normalized spacial score (nSPS) is 12.3. The topological polar surface area (TPSA) is 9.23 Å². The summed E-state index contributed by atoms with van der Waals surface area (Å²) in [6, 6.07) is 6.82. The van der Waals surface area contributed by atoms with Crippen molar-refractivity contribution in [3.63, 3.8) is 0 Å². The van der Waals surface area contributed by atoms with Gasteiger partial charge in [-0.3, -0.25) is 0 Å². The molecule has 1 atom stereocenters. The van der Waals surface area contributed by atoms with Crippen LogP contribution in [0.3, 0.4) is 0 Å². The minimum Gasteiger partial charge on any atom is -0.493 e. The smallest absolute Gasteiger partial charge is 0.120 e. The molecule has 0 N–H and O–H groups in total. The van der Waals surface area contributed by atoms with Gasteiger partial charge in [0.05, 0.1) is 6.61 Å². The monoisotopic (exact) mass is 542 g/mol. The Morgan fingerprint density at radius 2 is 1.23 bits per heavy atom. The first-order valence-corrected chi connectivity index (χ1v) is 14.7. The van der Waals surface area contributed by atoms with Gasteiger partial charge in [0.1, 0.15) is 5.75 Å². The average Bonchev–Trinajstić information content (AvgIpc) is 2.77. The van der Waals surface area contributed by atoms with Crippen molar-refractivity contribution in [2.24, 2.45) is 5.92 Å². The van der Waals surface area contributed by atoms with Gasteiger partial charge in [0.2, 0.25) is 0 Å². The number of hydrogen-bond acceptors (Lipinski definition) is 1. The number of aryl methyl sites for hydroxylation is 1. The van der Waals surface area contributed by atoms with Crippen molar-refractivity contribution in [3.8, 4) is 5.75 Å². The first kappa shape index (κ1) is 28.8. The molecular weight excluding hydrogens is 491 g/mol. The summed E-state index contributed by atoms with van der Waals surface area (Å²) in [5.74, 6) is 1.77. The highest BCUT2D eigenvalue weighted by Gasteiger charge is 2.08. The number of hydrogen-bond donors (Lipinski definition) is 0. The summed E-state index contributed by atoms with van der Waals surface area (Å²) in [4.78, 5) is 0. The Morgan fingerprint density at radius 3 is 1.77 bits per heavy atom. The van der Waals surface area contributed by atoms with Crippen LogP contribution in [-0.2, 0) is 6.42 Å². The highest BCUT2D eigenvalue weighted by atomic mass is 127. The van der Waals surface area contributed by atoms with Gasteiger partial charge in [-0.2, -0.15) is 0 Å². The summed E-state index contributed by atoms with van der Waals surface area (Å²) in [6.07, 6.45) is 24.7. The molecule has 1 nitrogen and oxygen atoms in total. The SMILES string of the molecule is CCCCCCCCCCCCCCCc1cc(I)cc(OCC(CC)CCCC)c1. The van der Waals surface area contributed by atoms with Gasteiger partial charge < -0.3 is 4.74 Å².